The van der Waals surface area contributed by atoms with Gasteiger partial charge in [-0.1, -0.05) is 5.21 Å². The van der Waals surface area contributed by atoms with Crippen molar-refractivity contribution in [2.75, 3.05) is 13.2 Å². The van der Waals surface area contributed by atoms with E-state index in [0.717, 1.165) is 31.9 Å². The Balaban J connectivity index is 1.93. The van der Waals surface area contributed by atoms with Crippen molar-refractivity contribution in [2.24, 2.45) is 10.9 Å². The minimum Gasteiger partial charge on any atom is -0.381 e. The number of hydrogen-bond acceptors (Lipinski definition) is 4. The van der Waals surface area contributed by atoms with Crippen LogP contribution in [-0.2, 0) is 11.3 Å². The van der Waals surface area contributed by atoms with E-state index in [1.807, 2.05) is 10.9 Å². The number of aromatic nitrogens is 3. The van der Waals surface area contributed by atoms with Gasteiger partial charge in [-0.3, -0.25) is 9.67 Å². The Bertz CT molecular complexity index is 385. The van der Waals surface area contributed by atoms with Crippen LogP contribution >= 0.6 is 0 Å². The van der Waals surface area contributed by atoms with Crippen molar-refractivity contribution in [3.63, 3.8) is 0 Å². The Morgan fingerprint density at radius 1 is 1.59 bits per heavy atom. The summed E-state index contributed by atoms with van der Waals surface area (Å²) in [5.41, 5.74) is 0.752. The number of nitrogens with zero attached hydrogens (tertiary/aromatic N) is 4. The molecule has 0 spiro atoms. The highest BCUT2D eigenvalue weighted by atomic mass is 16.5. The molecule has 0 saturated carbocycles. The molecule has 1 fully saturated rings. The van der Waals surface area contributed by atoms with Crippen molar-refractivity contribution in [1.29, 1.82) is 0 Å². The van der Waals surface area contributed by atoms with Crippen molar-refractivity contribution in [3.8, 4) is 0 Å². The van der Waals surface area contributed by atoms with Gasteiger partial charge >= 0.3 is 0 Å². The van der Waals surface area contributed by atoms with Crippen LogP contribution in [0.15, 0.2) is 11.2 Å². The minimum absolute atomic E-state index is 0.0664. The average Bonchev–Trinajstić information content (AvgIpc) is 2.86. The monoisotopic (exact) mass is 236 g/mol. The zero-order valence-corrected chi connectivity index (χ0v) is 10.8. The Labute approximate surface area is 102 Å². The van der Waals surface area contributed by atoms with E-state index in [1.165, 1.54) is 0 Å². The molecule has 1 aromatic heterocycles. The molecular formula is C12H20N4O. The van der Waals surface area contributed by atoms with Gasteiger partial charge in [0.1, 0.15) is 5.69 Å². The van der Waals surface area contributed by atoms with E-state index in [0.29, 0.717) is 5.92 Å². The van der Waals surface area contributed by atoms with Gasteiger partial charge in [0.15, 0.2) is 0 Å². The summed E-state index contributed by atoms with van der Waals surface area (Å²) in [5, 5.41) is 8.18. The van der Waals surface area contributed by atoms with Crippen LogP contribution < -0.4 is 0 Å². The molecule has 0 aliphatic carbocycles. The third kappa shape index (κ3) is 3.93. The predicted octanol–water partition coefficient (Wildman–Crippen LogP) is 1.53. The van der Waals surface area contributed by atoms with E-state index in [9.17, 15) is 0 Å². The van der Waals surface area contributed by atoms with Gasteiger partial charge < -0.3 is 4.74 Å². The molecule has 1 unspecified atom stereocenters. The van der Waals surface area contributed by atoms with Gasteiger partial charge in [0, 0.05) is 19.1 Å². The average molecular weight is 236 g/mol. The van der Waals surface area contributed by atoms with Gasteiger partial charge in [0.25, 0.3) is 0 Å². The molecule has 17 heavy (non-hydrogen) atoms. The standard InChI is InChI=1S/C12H20N4O/c1-12(2,3)13-6-11-8-16(15-14-11)7-10-4-5-17-9-10/h6,8,10H,4-5,7,9H2,1-3H3. The van der Waals surface area contributed by atoms with Crippen LogP contribution in [0.1, 0.15) is 32.9 Å². The van der Waals surface area contributed by atoms with E-state index in [4.69, 9.17) is 4.74 Å². The summed E-state index contributed by atoms with van der Waals surface area (Å²) in [6.45, 7) is 8.77. The van der Waals surface area contributed by atoms with E-state index >= 15 is 0 Å². The molecule has 5 nitrogen and oxygen atoms in total. The Kier molecular flexibility index (Phi) is 3.57. The van der Waals surface area contributed by atoms with Crippen LogP contribution in [-0.4, -0.2) is 40.0 Å². The van der Waals surface area contributed by atoms with E-state index in [2.05, 4.69) is 36.1 Å². The van der Waals surface area contributed by atoms with Gasteiger partial charge in [-0.15, -0.1) is 5.10 Å². The number of aliphatic imine (C=N–C) groups is 1. The first kappa shape index (κ1) is 12.2. The fourth-order valence-electron chi connectivity index (χ4n) is 1.71. The van der Waals surface area contributed by atoms with Crippen LogP contribution in [0, 0.1) is 5.92 Å². The quantitative estimate of drug-likeness (QED) is 0.748. The third-order valence-electron chi connectivity index (χ3n) is 2.61. The lowest BCUT2D eigenvalue weighted by Crippen LogP contribution is -2.11. The summed E-state index contributed by atoms with van der Waals surface area (Å²) in [7, 11) is 0. The molecule has 1 aromatic rings. The van der Waals surface area contributed by atoms with Gasteiger partial charge in [0.05, 0.1) is 24.6 Å². The van der Waals surface area contributed by atoms with Crippen LogP contribution in [0.4, 0.5) is 0 Å². The molecule has 0 aromatic carbocycles. The van der Waals surface area contributed by atoms with Crippen LogP contribution in [0.25, 0.3) is 0 Å². The Morgan fingerprint density at radius 3 is 3.06 bits per heavy atom. The molecular weight excluding hydrogens is 216 g/mol. The van der Waals surface area contributed by atoms with Crippen LogP contribution in [0.2, 0.25) is 0 Å². The fraction of sp³-hybridized carbons (Fsp3) is 0.750. The largest absolute Gasteiger partial charge is 0.381 e. The molecule has 0 radical (unpaired) electrons. The van der Waals surface area contributed by atoms with Gasteiger partial charge in [-0.25, -0.2) is 0 Å². The molecule has 1 saturated heterocycles. The van der Waals surface area contributed by atoms with E-state index in [-0.39, 0.29) is 5.54 Å². The predicted molar refractivity (Wildman–Crippen MR) is 66.3 cm³/mol. The van der Waals surface area contributed by atoms with Crippen LogP contribution in [0.3, 0.4) is 0 Å². The maximum Gasteiger partial charge on any atom is 0.123 e. The molecule has 1 aliphatic rings. The lowest BCUT2D eigenvalue weighted by atomic mass is 10.1. The number of rotatable bonds is 3. The lowest BCUT2D eigenvalue weighted by Gasteiger charge is -2.09. The summed E-state index contributed by atoms with van der Waals surface area (Å²) in [6.07, 6.45) is 4.84. The molecule has 1 aliphatic heterocycles. The first-order valence-corrected chi connectivity index (χ1v) is 6.06. The lowest BCUT2D eigenvalue weighted by molar-refractivity contribution is 0.181. The minimum atomic E-state index is -0.0664. The second-order valence-corrected chi connectivity index (χ2v) is 5.52. The van der Waals surface area contributed by atoms with Crippen molar-refractivity contribution in [1.82, 2.24) is 15.0 Å². The van der Waals surface area contributed by atoms with Crippen molar-refractivity contribution >= 4 is 6.21 Å². The molecule has 0 amide bonds. The second kappa shape index (κ2) is 4.96. The number of hydrogen-bond donors (Lipinski definition) is 0. The highest BCUT2D eigenvalue weighted by Gasteiger charge is 2.16. The van der Waals surface area contributed by atoms with Crippen molar-refractivity contribution in [2.45, 2.75) is 39.3 Å². The Hall–Kier alpha value is -1.23. The summed E-state index contributed by atoms with van der Waals surface area (Å²) < 4.78 is 7.22. The smallest absolute Gasteiger partial charge is 0.123 e. The van der Waals surface area contributed by atoms with Gasteiger partial charge in [-0.2, -0.15) is 0 Å². The zero-order valence-electron chi connectivity index (χ0n) is 10.8. The Morgan fingerprint density at radius 2 is 2.41 bits per heavy atom. The normalized spacial score (nSPS) is 21.5. The fourth-order valence-corrected chi connectivity index (χ4v) is 1.71. The number of ether oxygens (including phenoxy) is 1. The summed E-state index contributed by atoms with van der Waals surface area (Å²) in [6, 6.07) is 0. The maximum atomic E-state index is 5.34. The topological polar surface area (TPSA) is 52.3 Å². The summed E-state index contributed by atoms with van der Waals surface area (Å²) in [5.74, 6) is 0.573. The molecule has 2 rings (SSSR count). The van der Waals surface area contributed by atoms with E-state index < -0.39 is 0 Å². The second-order valence-electron chi connectivity index (χ2n) is 5.52. The van der Waals surface area contributed by atoms with Gasteiger partial charge in [0.2, 0.25) is 0 Å². The maximum absolute atomic E-state index is 5.34. The molecule has 0 bridgehead atoms. The summed E-state index contributed by atoms with van der Waals surface area (Å²) in [4.78, 5) is 4.41. The molecule has 94 valence electrons. The third-order valence-corrected chi connectivity index (χ3v) is 2.61. The highest BCUT2D eigenvalue weighted by Crippen LogP contribution is 2.14. The molecule has 0 N–H and O–H groups in total. The summed E-state index contributed by atoms with van der Waals surface area (Å²) >= 11 is 0. The highest BCUT2D eigenvalue weighted by molar-refractivity contribution is 5.76. The molecule has 2 heterocycles. The first-order valence-electron chi connectivity index (χ1n) is 6.06. The van der Waals surface area contributed by atoms with Crippen molar-refractivity contribution < 1.29 is 4.74 Å². The molecule has 1 atom stereocenters. The van der Waals surface area contributed by atoms with Gasteiger partial charge in [-0.05, 0) is 27.2 Å². The SMILES string of the molecule is CC(C)(C)N=Cc1cn(CC2CCOC2)nn1. The first-order chi connectivity index (χ1) is 8.03. The van der Waals surface area contributed by atoms with Crippen LogP contribution in [0.5, 0.6) is 0 Å². The van der Waals surface area contributed by atoms with Crippen molar-refractivity contribution in [3.05, 3.63) is 11.9 Å². The molecule has 5 heteroatoms. The zero-order chi connectivity index (χ0) is 12.3. The van der Waals surface area contributed by atoms with E-state index in [1.54, 1.807) is 6.21 Å².